The Morgan fingerprint density at radius 3 is 2.52 bits per heavy atom. The molecule has 1 aromatic carbocycles. The molecule has 3 aromatic rings. The van der Waals surface area contributed by atoms with Gasteiger partial charge in [0.15, 0.2) is 0 Å². The van der Waals surface area contributed by atoms with E-state index in [9.17, 15) is 4.79 Å². The van der Waals surface area contributed by atoms with E-state index < -0.39 is 6.04 Å². The van der Waals surface area contributed by atoms with Gasteiger partial charge in [-0.3, -0.25) is 4.79 Å². The van der Waals surface area contributed by atoms with Gasteiger partial charge >= 0.3 is 0 Å². The van der Waals surface area contributed by atoms with Crippen molar-refractivity contribution >= 4 is 45.9 Å². The third kappa shape index (κ3) is 5.98. The van der Waals surface area contributed by atoms with Crippen molar-refractivity contribution < 1.29 is 9.21 Å². The number of anilines is 1. The van der Waals surface area contributed by atoms with E-state index in [1.165, 1.54) is 0 Å². The summed E-state index contributed by atoms with van der Waals surface area (Å²) in [4.78, 5) is 24.5. The molecular formula is C23H26ClIN4O2. The molecule has 0 fully saturated rings. The summed E-state index contributed by atoms with van der Waals surface area (Å²) in [5.41, 5.74) is 1.88. The zero-order valence-electron chi connectivity index (χ0n) is 18.0. The molecule has 0 aliphatic rings. The van der Waals surface area contributed by atoms with Crippen LogP contribution in [0.5, 0.6) is 0 Å². The van der Waals surface area contributed by atoms with Gasteiger partial charge in [0.05, 0.1) is 22.1 Å². The van der Waals surface area contributed by atoms with Crippen molar-refractivity contribution in [2.45, 2.75) is 52.7 Å². The number of amides is 1. The highest BCUT2D eigenvalue weighted by atomic mass is 127. The summed E-state index contributed by atoms with van der Waals surface area (Å²) >= 11 is 8.20. The van der Waals surface area contributed by atoms with Crippen LogP contribution in [0.2, 0.25) is 5.02 Å². The van der Waals surface area contributed by atoms with E-state index in [2.05, 4.69) is 46.7 Å². The van der Waals surface area contributed by atoms with Crippen molar-refractivity contribution in [1.29, 1.82) is 0 Å². The number of hydrogen-bond acceptors (Lipinski definition) is 5. The zero-order chi connectivity index (χ0) is 22.5. The van der Waals surface area contributed by atoms with Crippen molar-refractivity contribution in [2.24, 2.45) is 0 Å². The molecule has 0 radical (unpaired) electrons. The largest absolute Gasteiger partial charge is 0.467 e. The van der Waals surface area contributed by atoms with E-state index in [1.54, 1.807) is 6.26 Å². The van der Waals surface area contributed by atoms with Crippen LogP contribution in [0, 0.1) is 10.5 Å². The van der Waals surface area contributed by atoms with E-state index in [1.807, 2.05) is 55.1 Å². The van der Waals surface area contributed by atoms with Crippen molar-refractivity contribution in [3.8, 4) is 0 Å². The number of furan rings is 1. The van der Waals surface area contributed by atoms with Crippen LogP contribution in [0.1, 0.15) is 49.5 Å². The molecule has 164 valence electrons. The number of aromatic nitrogens is 2. The maximum atomic E-state index is 13.1. The third-order valence-corrected chi connectivity index (χ3v) is 6.45. The number of carbonyl (C=O) groups excluding carboxylic acids is 1. The van der Waals surface area contributed by atoms with E-state index in [0.717, 1.165) is 32.2 Å². The fraction of sp³-hybridized carbons (Fsp3) is 0.348. The highest BCUT2D eigenvalue weighted by Crippen LogP contribution is 2.28. The Hall–Kier alpha value is -2.13. The van der Waals surface area contributed by atoms with Crippen LogP contribution in [-0.4, -0.2) is 21.9 Å². The minimum atomic E-state index is -0.472. The Morgan fingerprint density at radius 2 is 1.90 bits per heavy atom. The van der Waals surface area contributed by atoms with Gasteiger partial charge in [-0.2, -0.15) is 0 Å². The minimum Gasteiger partial charge on any atom is -0.467 e. The summed E-state index contributed by atoms with van der Waals surface area (Å²) in [6.07, 6.45) is 1.63. The summed E-state index contributed by atoms with van der Waals surface area (Å²) in [5, 5.41) is 3.69. The standard InChI is InChI=1S/C23H26ClIN4O2/c1-14(2)21-27-15(3)20(25)22(28-21)29(13-19-6-5-11-31-19)16(4)23(30)26-12-17-7-9-18(24)10-8-17/h5-11,14,16H,12-13H2,1-4H3,(H,26,30). The lowest BCUT2D eigenvalue weighted by Crippen LogP contribution is -2.45. The van der Waals surface area contributed by atoms with Crippen LogP contribution in [0.3, 0.4) is 0 Å². The maximum absolute atomic E-state index is 13.1. The van der Waals surface area contributed by atoms with Crippen molar-refractivity contribution in [2.75, 3.05) is 4.90 Å². The summed E-state index contributed by atoms with van der Waals surface area (Å²) in [5.74, 6) is 2.33. The second kappa shape index (κ2) is 10.5. The van der Waals surface area contributed by atoms with Crippen LogP contribution in [0.4, 0.5) is 5.82 Å². The molecule has 0 aliphatic carbocycles. The third-order valence-electron chi connectivity index (χ3n) is 4.94. The van der Waals surface area contributed by atoms with Gasteiger partial charge in [-0.1, -0.05) is 37.6 Å². The lowest BCUT2D eigenvalue weighted by atomic mass is 10.2. The first-order valence-electron chi connectivity index (χ1n) is 10.1. The molecule has 1 N–H and O–H groups in total. The minimum absolute atomic E-state index is 0.0975. The van der Waals surface area contributed by atoms with Crippen LogP contribution in [-0.2, 0) is 17.9 Å². The van der Waals surface area contributed by atoms with Gasteiger partial charge in [0.25, 0.3) is 0 Å². The monoisotopic (exact) mass is 552 g/mol. The first-order chi connectivity index (χ1) is 14.8. The van der Waals surface area contributed by atoms with Crippen molar-refractivity contribution in [1.82, 2.24) is 15.3 Å². The molecule has 0 bridgehead atoms. The maximum Gasteiger partial charge on any atom is 0.242 e. The normalized spacial score (nSPS) is 12.1. The summed E-state index contributed by atoms with van der Waals surface area (Å²) < 4.78 is 6.49. The Morgan fingerprint density at radius 1 is 1.19 bits per heavy atom. The van der Waals surface area contributed by atoms with Crippen LogP contribution >= 0.6 is 34.2 Å². The second-order valence-corrected chi connectivity index (χ2v) is 9.20. The number of halogens is 2. The van der Waals surface area contributed by atoms with E-state index in [0.29, 0.717) is 18.1 Å². The molecule has 0 aliphatic heterocycles. The Bertz CT molecular complexity index is 1020. The van der Waals surface area contributed by atoms with Gasteiger partial charge < -0.3 is 14.6 Å². The van der Waals surface area contributed by atoms with Gasteiger partial charge in [-0.15, -0.1) is 0 Å². The van der Waals surface area contributed by atoms with E-state index >= 15 is 0 Å². The fourth-order valence-corrected chi connectivity index (χ4v) is 3.74. The lowest BCUT2D eigenvalue weighted by molar-refractivity contribution is -0.122. The molecule has 3 rings (SSSR count). The first-order valence-corrected chi connectivity index (χ1v) is 11.6. The van der Waals surface area contributed by atoms with E-state index in [-0.39, 0.29) is 11.8 Å². The van der Waals surface area contributed by atoms with Crippen LogP contribution in [0.15, 0.2) is 47.1 Å². The van der Waals surface area contributed by atoms with Crippen molar-refractivity contribution in [3.63, 3.8) is 0 Å². The number of rotatable bonds is 8. The van der Waals surface area contributed by atoms with Crippen molar-refractivity contribution in [3.05, 3.63) is 74.1 Å². The number of hydrogen-bond donors (Lipinski definition) is 1. The van der Waals surface area contributed by atoms with Gasteiger partial charge in [0.1, 0.15) is 23.4 Å². The molecular weight excluding hydrogens is 527 g/mol. The molecule has 0 saturated heterocycles. The molecule has 1 amide bonds. The fourth-order valence-electron chi connectivity index (χ4n) is 3.06. The predicted molar refractivity (Wildman–Crippen MR) is 131 cm³/mol. The van der Waals surface area contributed by atoms with Gasteiger partial charge in [-0.05, 0) is 66.3 Å². The number of nitrogens with one attached hydrogen (secondary N) is 1. The molecule has 1 atom stereocenters. The van der Waals surface area contributed by atoms with Gasteiger partial charge in [0, 0.05) is 17.5 Å². The summed E-state index contributed by atoms with van der Waals surface area (Å²) in [6, 6.07) is 10.7. The molecule has 8 heteroatoms. The quantitative estimate of drug-likeness (QED) is 0.375. The summed E-state index contributed by atoms with van der Waals surface area (Å²) in [6.45, 7) is 8.81. The second-order valence-electron chi connectivity index (χ2n) is 7.69. The molecule has 0 saturated carbocycles. The highest BCUT2D eigenvalue weighted by Gasteiger charge is 2.27. The summed E-state index contributed by atoms with van der Waals surface area (Å²) in [7, 11) is 0. The first kappa shape index (κ1) is 23.5. The van der Waals surface area contributed by atoms with Crippen LogP contribution in [0.25, 0.3) is 0 Å². The molecule has 6 nitrogen and oxygen atoms in total. The topological polar surface area (TPSA) is 71.3 Å². The molecule has 2 aromatic heterocycles. The van der Waals surface area contributed by atoms with E-state index in [4.69, 9.17) is 21.0 Å². The SMILES string of the molecule is Cc1nc(C(C)C)nc(N(Cc2ccco2)C(C)C(=O)NCc2ccc(Cl)cc2)c1I. The Kier molecular flexibility index (Phi) is 7.94. The number of nitrogens with zero attached hydrogens (tertiary/aromatic N) is 3. The molecule has 31 heavy (non-hydrogen) atoms. The smallest absolute Gasteiger partial charge is 0.242 e. The Balaban J connectivity index is 1.88. The number of carbonyl (C=O) groups is 1. The Labute approximate surface area is 201 Å². The predicted octanol–water partition coefficient (Wildman–Crippen LogP) is 5.47. The molecule has 2 heterocycles. The average Bonchev–Trinajstić information content (AvgIpc) is 3.26. The molecule has 1 unspecified atom stereocenters. The van der Waals surface area contributed by atoms with Gasteiger partial charge in [0.2, 0.25) is 5.91 Å². The van der Waals surface area contributed by atoms with Gasteiger partial charge in [-0.25, -0.2) is 9.97 Å². The number of aryl methyl sites for hydroxylation is 1. The average molecular weight is 553 g/mol. The molecule has 0 spiro atoms. The zero-order valence-corrected chi connectivity index (χ0v) is 20.9. The number of benzene rings is 1. The highest BCUT2D eigenvalue weighted by molar-refractivity contribution is 14.1. The lowest BCUT2D eigenvalue weighted by Gasteiger charge is -2.30. The van der Waals surface area contributed by atoms with Crippen LogP contribution < -0.4 is 10.2 Å².